The Balaban J connectivity index is 2.30. The zero-order valence-electron chi connectivity index (χ0n) is 14.2. The zero-order chi connectivity index (χ0) is 17.5. The molecule has 0 aliphatic heterocycles. The van der Waals surface area contributed by atoms with Gasteiger partial charge in [0.1, 0.15) is 24.8 Å². The number of ether oxygens (including phenoxy) is 1. The predicted octanol–water partition coefficient (Wildman–Crippen LogP) is 2.37. The number of carbonyl (C=O) groups excluding carboxylic acids is 1. The van der Waals surface area contributed by atoms with E-state index >= 15 is 0 Å². The van der Waals surface area contributed by atoms with Crippen LogP contribution in [0.2, 0.25) is 0 Å². The highest BCUT2D eigenvalue weighted by Gasteiger charge is 2.16. The predicted molar refractivity (Wildman–Crippen MR) is 94.4 cm³/mol. The Labute approximate surface area is 142 Å². The van der Waals surface area contributed by atoms with Gasteiger partial charge in [-0.3, -0.25) is 9.79 Å². The van der Waals surface area contributed by atoms with Crippen molar-refractivity contribution in [1.29, 1.82) is 0 Å². The molecule has 0 atom stereocenters. The maximum Gasteiger partial charge on any atom is 0.269 e. The molecule has 0 radical (unpaired) electrons. The van der Waals surface area contributed by atoms with E-state index in [1.54, 1.807) is 6.07 Å². The number of amides is 1. The van der Waals surface area contributed by atoms with E-state index in [1.807, 2.05) is 50.2 Å². The zero-order valence-corrected chi connectivity index (χ0v) is 14.2. The van der Waals surface area contributed by atoms with Gasteiger partial charge in [-0.25, -0.2) is 0 Å². The molecule has 2 aromatic rings. The van der Waals surface area contributed by atoms with Crippen LogP contribution in [-0.2, 0) is 11.4 Å². The molecule has 0 aliphatic rings. The van der Waals surface area contributed by atoms with Crippen LogP contribution < -0.4 is 10.1 Å². The Hall–Kier alpha value is -2.66. The van der Waals surface area contributed by atoms with Crippen molar-refractivity contribution < 1.29 is 14.6 Å². The number of aliphatic imine (C=N–C) groups is 1. The molecule has 0 bridgehead atoms. The van der Waals surface area contributed by atoms with Gasteiger partial charge in [0.2, 0.25) is 0 Å². The van der Waals surface area contributed by atoms with E-state index in [9.17, 15) is 4.79 Å². The summed E-state index contributed by atoms with van der Waals surface area (Å²) in [6.07, 6.45) is 0. The third-order valence-corrected chi connectivity index (χ3v) is 3.67. The molecule has 0 spiro atoms. The average molecular weight is 326 g/mol. The van der Waals surface area contributed by atoms with E-state index in [-0.39, 0.29) is 11.6 Å². The molecular formula is C19H22N2O3. The molecule has 0 heterocycles. The molecule has 0 aromatic heterocycles. The summed E-state index contributed by atoms with van der Waals surface area (Å²) in [5.74, 6) is 0.466. The van der Waals surface area contributed by atoms with Crippen molar-refractivity contribution in [2.45, 2.75) is 20.5 Å². The molecule has 5 heteroatoms. The second-order valence-corrected chi connectivity index (χ2v) is 5.44. The summed E-state index contributed by atoms with van der Waals surface area (Å²) in [7, 11) is 1.53. The van der Waals surface area contributed by atoms with Crippen molar-refractivity contribution in [1.82, 2.24) is 5.32 Å². The lowest BCUT2D eigenvalue weighted by Crippen LogP contribution is -2.29. The third kappa shape index (κ3) is 4.20. The van der Waals surface area contributed by atoms with Gasteiger partial charge in [0.25, 0.3) is 5.91 Å². The van der Waals surface area contributed by atoms with E-state index in [4.69, 9.17) is 9.84 Å². The summed E-state index contributed by atoms with van der Waals surface area (Å²) in [5, 5.41) is 11.7. The first-order valence-electron chi connectivity index (χ1n) is 7.72. The van der Waals surface area contributed by atoms with Crippen LogP contribution in [0.25, 0.3) is 0 Å². The van der Waals surface area contributed by atoms with Gasteiger partial charge < -0.3 is 15.2 Å². The SMILES string of the molecule is CNC(=O)C(=NCO)c1ccccc1COc1cc(C)ccc1C. The quantitative estimate of drug-likeness (QED) is 0.801. The molecule has 126 valence electrons. The molecular weight excluding hydrogens is 304 g/mol. The van der Waals surface area contributed by atoms with Crippen molar-refractivity contribution in [2.75, 3.05) is 13.8 Å². The second-order valence-electron chi connectivity index (χ2n) is 5.44. The van der Waals surface area contributed by atoms with Gasteiger partial charge in [-0.15, -0.1) is 0 Å². The van der Waals surface area contributed by atoms with E-state index in [0.29, 0.717) is 12.2 Å². The standard InChI is InChI=1S/C19H22N2O3/c1-13-8-9-14(2)17(10-13)24-11-15-6-4-5-7-16(15)18(21-12-22)19(23)20-3/h4-10,22H,11-12H2,1-3H3,(H,20,23). The molecule has 0 saturated heterocycles. The molecule has 2 rings (SSSR count). The van der Waals surface area contributed by atoms with Crippen LogP contribution in [0.3, 0.4) is 0 Å². The molecule has 0 fully saturated rings. The fourth-order valence-corrected chi connectivity index (χ4v) is 2.36. The number of likely N-dealkylation sites (N-methyl/N-ethyl adjacent to an activating group) is 1. The minimum absolute atomic E-state index is 0.195. The first-order valence-corrected chi connectivity index (χ1v) is 7.72. The maximum absolute atomic E-state index is 12.0. The lowest BCUT2D eigenvalue weighted by Gasteiger charge is -2.14. The summed E-state index contributed by atoms with van der Waals surface area (Å²) in [6, 6.07) is 13.4. The van der Waals surface area contributed by atoms with Crippen LogP contribution in [0.4, 0.5) is 0 Å². The van der Waals surface area contributed by atoms with E-state index in [2.05, 4.69) is 10.3 Å². The minimum atomic E-state index is -0.449. The highest BCUT2D eigenvalue weighted by molar-refractivity contribution is 6.45. The van der Waals surface area contributed by atoms with Crippen molar-refractivity contribution >= 4 is 11.6 Å². The number of aliphatic hydroxyl groups is 1. The molecule has 0 saturated carbocycles. The van der Waals surface area contributed by atoms with Gasteiger partial charge in [0, 0.05) is 12.6 Å². The highest BCUT2D eigenvalue weighted by atomic mass is 16.5. The Morgan fingerprint density at radius 2 is 1.96 bits per heavy atom. The molecule has 0 aliphatic carbocycles. The number of rotatable bonds is 6. The number of benzene rings is 2. The van der Waals surface area contributed by atoms with Crippen LogP contribution in [0.15, 0.2) is 47.5 Å². The van der Waals surface area contributed by atoms with Crippen LogP contribution in [0.5, 0.6) is 5.75 Å². The number of hydrogen-bond acceptors (Lipinski definition) is 4. The van der Waals surface area contributed by atoms with Crippen LogP contribution in [-0.4, -0.2) is 30.5 Å². The summed E-state index contributed by atoms with van der Waals surface area (Å²) < 4.78 is 5.94. The van der Waals surface area contributed by atoms with Gasteiger partial charge in [0.05, 0.1) is 0 Å². The summed E-state index contributed by atoms with van der Waals surface area (Å²) in [6.45, 7) is 3.86. The Morgan fingerprint density at radius 3 is 2.67 bits per heavy atom. The largest absolute Gasteiger partial charge is 0.489 e. The fraction of sp³-hybridized carbons (Fsp3) is 0.263. The highest BCUT2D eigenvalue weighted by Crippen LogP contribution is 2.21. The first kappa shape index (κ1) is 17.7. The number of nitrogens with zero attached hydrogens (tertiary/aromatic N) is 1. The maximum atomic E-state index is 12.0. The van der Waals surface area contributed by atoms with Gasteiger partial charge in [0.15, 0.2) is 0 Å². The normalized spacial score (nSPS) is 11.2. The smallest absolute Gasteiger partial charge is 0.269 e. The first-order chi connectivity index (χ1) is 11.6. The fourth-order valence-electron chi connectivity index (χ4n) is 2.36. The number of aliphatic hydroxyl groups excluding tert-OH is 1. The second kappa shape index (κ2) is 8.26. The van der Waals surface area contributed by atoms with Crippen LogP contribution >= 0.6 is 0 Å². The minimum Gasteiger partial charge on any atom is -0.489 e. The van der Waals surface area contributed by atoms with Crippen molar-refractivity contribution in [2.24, 2.45) is 4.99 Å². The number of carbonyl (C=O) groups is 1. The summed E-state index contributed by atoms with van der Waals surface area (Å²) in [5.41, 5.74) is 3.84. The third-order valence-electron chi connectivity index (χ3n) is 3.67. The van der Waals surface area contributed by atoms with Gasteiger partial charge >= 0.3 is 0 Å². The van der Waals surface area contributed by atoms with Crippen molar-refractivity contribution in [3.8, 4) is 5.75 Å². The van der Waals surface area contributed by atoms with Gasteiger partial charge in [-0.1, -0.05) is 36.4 Å². The number of hydrogen-bond donors (Lipinski definition) is 2. The van der Waals surface area contributed by atoms with Crippen LogP contribution in [0, 0.1) is 13.8 Å². The lowest BCUT2D eigenvalue weighted by molar-refractivity contribution is -0.114. The average Bonchev–Trinajstić information content (AvgIpc) is 2.60. The number of nitrogens with one attached hydrogen (secondary N) is 1. The molecule has 5 nitrogen and oxygen atoms in total. The van der Waals surface area contributed by atoms with Crippen molar-refractivity contribution in [3.05, 3.63) is 64.7 Å². The lowest BCUT2D eigenvalue weighted by atomic mass is 10.0. The van der Waals surface area contributed by atoms with E-state index in [1.165, 1.54) is 7.05 Å². The molecule has 24 heavy (non-hydrogen) atoms. The van der Waals surface area contributed by atoms with E-state index in [0.717, 1.165) is 22.4 Å². The topological polar surface area (TPSA) is 70.9 Å². The van der Waals surface area contributed by atoms with Gasteiger partial charge in [-0.05, 0) is 36.6 Å². The van der Waals surface area contributed by atoms with Crippen LogP contribution in [0.1, 0.15) is 22.3 Å². The van der Waals surface area contributed by atoms with Gasteiger partial charge in [-0.2, -0.15) is 0 Å². The Bertz CT molecular complexity index is 754. The number of aryl methyl sites for hydroxylation is 2. The summed E-state index contributed by atoms with van der Waals surface area (Å²) in [4.78, 5) is 16.0. The van der Waals surface area contributed by atoms with Crippen molar-refractivity contribution in [3.63, 3.8) is 0 Å². The Morgan fingerprint density at radius 1 is 1.21 bits per heavy atom. The Kier molecular flexibility index (Phi) is 6.09. The molecule has 2 aromatic carbocycles. The molecule has 0 unspecified atom stereocenters. The monoisotopic (exact) mass is 326 g/mol. The summed E-state index contributed by atoms with van der Waals surface area (Å²) >= 11 is 0. The van der Waals surface area contributed by atoms with E-state index < -0.39 is 6.73 Å². The molecule has 2 N–H and O–H groups in total. The molecule has 1 amide bonds.